The van der Waals surface area contributed by atoms with Crippen LogP contribution in [0.5, 0.6) is 0 Å². The quantitative estimate of drug-likeness (QED) is 0.261. The first-order valence-corrected chi connectivity index (χ1v) is 13.0. The maximum Gasteiger partial charge on any atom is 0.266 e. The maximum atomic E-state index is 13.4. The molecule has 4 nitrogen and oxygen atoms in total. The van der Waals surface area contributed by atoms with Gasteiger partial charge in [-0.05, 0) is 48.0 Å². The molecule has 0 aromatic heterocycles. The van der Waals surface area contributed by atoms with E-state index in [0.29, 0.717) is 9.23 Å². The number of halogens is 1. The normalized spacial score (nSPS) is 16.2. The van der Waals surface area contributed by atoms with E-state index in [9.17, 15) is 9.59 Å². The Kier molecular flexibility index (Phi) is 6.42. The molecule has 2 aliphatic rings. The van der Waals surface area contributed by atoms with Gasteiger partial charge in [0.1, 0.15) is 4.32 Å². The molecule has 2 amide bonds. The number of hydrogen-bond donors (Lipinski definition) is 0. The van der Waals surface area contributed by atoms with Gasteiger partial charge in [-0.25, -0.2) is 0 Å². The molecule has 3 aromatic rings. The van der Waals surface area contributed by atoms with Crippen LogP contribution in [0.25, 0.3) is 6.08 Å². The largest absolute Gasteiger partial charge is 0.292 e. The number of carbonyl (C=O) groups is 2. The van der Waals surface area contributed by atoms with Crippen molar-refractivity contribution in [2.24, 2.45) is 0 Å². The zero-order valence-corrected chi connectivity index (χ0v) is 21.3. The Hall–Kier alpha value is -2.39. The van der Waals surface area contributed by atoms with Crippen molar-refractivity contribution in [2.75, 3.05) is 11.4 Å². The molecule has 0 atom stereocenters. The number of anilines is 2. The van der Waals surface area contributed by atoms with E-state index >= 15 is 0 Å². The molecule has 0 N–H and O–H groups in total. The van der Waals surface area contributed by atoms with Crippen molar-refractivity contribution in [3.8, 4) is 0 Å². The molecule has 2 heterocycles. The van der Waals surface area contributed by atoms with E-state index in [1.54, 1.807) is 16.7 Å². The third-order valence-electron chi connectivity index (χ3n) is 5.27. The van der Waals surface area contributed by atoms with Crippen LogP contribution >= 0.6 is 51.7 Å². The Morgan fingerprint density at radius 1 is 0.909 bits per heavy atom. The number of thiocarbonyl (C=S) groups is 1. The van der Waals surface area contributed by atoms with Gasteiger partial charge in [0.05, 0.1) is 16.3 Å². The molecular weight excluding hydrogens is 536 g/mol. The van der Waals surface area contributed by atoms with E-state index in [1.807, 2.05) is 78.9 Å². The summed E-state index contributed by atoms with van der Waals surface area (Å²) in [6.07, 6.45) is 2.01. The van der Waals surface area contributed by atoms with Gasteiger partial charge >= 0.3 is 0 Å². The molecule has 0 aliphatic carbocycles. The van der Waals surface area contributed by atoms with E-state index < -0.39 is 0 Å². The lowest BCUT2D eigenvalue weighted by Gasteiger charge is -2.31. The predicted molar refractivity (Wildman–Crippen MR) is 143 cm³/mol. The minimum atomic E-state index is -0.157. The second-order valence-corrected chi connectivity index (χ2v) is 11.1. The van der Waals surface area contributed by atoms with E-state index in [1.165, 1.54) is 16.7 Å². The first kappa shape index (κ1) is 22.4. The first-order valence-electron chi connectivity index (χ1n) is 10.2. The van der Waals surface area contributed by atoms with Gasteiger partial charge in [0.25, 0.3) is 5.91 Å². The van der Waals surface area contributed by atoms with Crippen LogP contribution in [0.3, 0.4) is 0 Å². The van der Waals surface area contributed by atoms with Crippen molar-refractivity contribution < 1.29 is 9.59 Å². The molecule has 0 bridgehead atoms. The predicted octanol–water partition coefficient (Wildman–Crippen LogP) is 6.87. The highest BCUT2D eigenvalue weighted by molar-refractivity contribution is 9.10. The Morgan fingerprint density at radius 3 is 2.15 bits per heavy atom. The summed E-state index contributed by atoms with van der Waals surface area (Å²) < 4.78 is 1.45. The summed E-state index contributed by atoms with van der Waals surface area (Å²) in [4.78, 5) is 32.3. The van der Waals surface area contributed by atoms with Crippen LogP contribution in [0.2, 0.25) is 0 Å². The van der Waals surface area contributed by atoms with E-state index in [2.05, 4.69) is 15.9 Å². The Labute approximate surface area is 214 Å². The first-order chi connectivity index (χ1) is 16.0. The lowest BCUT2D eigenvalue weighted by molar-refractivity contribution is -0.123. The Bertz CT molecular complexity index is 1260. The fourth-order valence-corrected chi connectivity index (χ4v) is 6.33. The van der Waals surface area contributed by atoms with Gasteiger partial charge in [0.2, 0.25) is 5.91 Å². The third-order valence-corrected chi connectivity index (χ3v) is 8.31. The summed E-state index contributed by atoms with van der Waals surface area (Å²) in [5.41, 5.74) is 2.66. The van der Waals surface area contributed by atoms with Gasteiger partial charge in [0.15, 0.2) is 0 Å². The molecule has 0 spiro atoms. The number of amides is 2. The third kappa shape index (κ3) is 4.53. The number of para-hydroxylation sites is 2. The molecule has 0 radical (unpaired) electrons. The van der Waals surface area contributed by atoms with Crippen molar-refractivity contribution in [3.05, 3.63) is 87.7 Å². The van der Waals surface area contributed by atoms with Crippen molar-refractivity contribution in [2.45, 2.75) is 16.2 Å². The smallest absolute Gasteiger partial charge is 0.266 e. The van der Waals surface area contributed by atoms with Gasteiger partial charge in [0, 0.05) is 27.2 Å². The van der Waals surface area contributed by atoms with Crippen molar-refractivity contribution in [1.82, 2.24) is 4.90 Å². The SMILES string of the molecule is O=C1/C(=C/c2ccc(Br)cc2)SC(=S)N1CCC(=O)N1c2ccccc2Sc2ccccc21. The highest BCUT2D eigenvalue weighted by atomic mass is 79.9. The molecule has 0 saturated carbocycles. The summed E-state index contributed by atoms with van der Waals surface area (Å²) in [7, 11) is 0. The standard InChI is InChI=1S/C25H17BrN2O2S3/c26-17-11-9-16(10-12-17)15-22-24(30)27(25(31)33-22)14-13-23(29)28-18-5-1-3-7-20(18)32-21-8-4-2-6-19(21)28/h1-12,15H,13-14H2/b22-15-. The lowest BCUT2D eigenvalue weighted by atomic mass is 10.2. The number of nitrogens with zero attached hydrogens (tertiary/aromatic N) is 2. The number of benzene rings is 3. The van der Waals surface area contributed by atoms with Gasteiger partial charge in [-0.15, -0.1) is 0 Å². The highest BCUT2D eigenvalue weighted by Crippen LogP contribution is 2.48. The molecule has 3 aromatic carbocycles. The number of carbonyl (C=O) groups excluding carboxylic acids is 2. The zero-order valence-electron chi connectivity index (χ0n) is 17.2. The molecule has 8 heteroatoms. The van der Waals surface area contributed by atoms with Crippen LogP contribution < -0.4 is 4.90 Å². The second-order valence-electron chi connectivity index (χ2n) is 7.40. The molecule has 33 heavy (non-hydrogen) atoms. The molecule has 2 aliphatic heterocycles. The summed E-state index contributed by atoms with van der Waals surface area (Å²) in [5.74, 6) is -0.225. The average molecular weight is 554 g/mol. The van der Waals surface area contributed by atoms with Crippen molar-refractivity contribution in [3.63, 3.8) is 0 Å². The van der Waals surface area contributed by atoms with E-state index in [4.69, 9.17) is 12.2 Å². The highest BCUT2D eigenvalue weighted by Gasteiger charge is 2.34. The number of rotatable bonds is 4. The van der Waals surface area contributed by atoms with E-state index in [0.717, 1.165) is 31.2 Å². The van der Waals surface area contributed by atoms with Gasteiger partial charge < -0.3 is 0 Å². The number of hydrogen-bond acceptors (Lipinski definition) is 5. The molecular formula is C25H17BrN2O2S3. The fraction of sp³-hybridized carbons (Fsp3) is 0.0800. The van der Waals surface area contributed by atoms with Crippen LogP contribution in [0.15, 0.2) is 92.0 Å². The molecule has 5 rings (SSSR count). The minimum Gasteiger partial charge on any atom is -0.292 e. The monoisotopic (exact) mass is 552 g/mol. The van der Waals surface area contributed by atoms with Crippen LogP contribution in [0.1, 0.15) is 12.0 Å². The van der Waals surface area contributed by atoms with E-state index in [-0.39, 0.29) is 24.8 Å². The Balaban J connectivity index is 1.34. The van der Waals surface area contributed by atoms with Crippen LogP contribution in [-0.2, 0) is 9.59 Å². The molecule has 1 fully saturated rings. The summed E-state index contributed by atoms with van der Waals surface area (Å²) in [6.45, 7) is 0.245. The summed E-state index contributed by atoms with van der Waals surface area (Å²) in [5, 5.41) is 0. The molecule has 0 unspecified atom stereocenters. The molecule has 1 saturated heterocycles. The fourth-order valence-electron chi connectivity index (χ4n) is 3.70. The second kappa shape index (κ2) is 9.46. The van der Waals surface area contributed by atoms with Crippen LogP contribution in [0, 0.1) is 0 Å². The van der Waals surface area contributed by atoms with Gasteiger partial charge in [-0.1, -0.05) is 88.1 Å². The lowest BCUT2D eigenvalue weighted by Crippen LogP contribution is -2.35. The number of fused-ring (bicyclic) bond motifs is 2. The number of thioether (sulfide) groups is 1. The van der Waals surface area contributed by atoms with Crippen LogP contribution in [0.4, 0.5) is 11.4 Å². The average Bonchev–Trinajstić information content (AvgIpc) is 3.09. The summed E-state index contributed by atoms with van der Waals surface area (Å²) >= 11 is 11.8. The Morgan fingerprint density at radius 2 is 1.52 bits per heavy atom. The minimum absolute atomic E-state index is 0.0684. The van der Waals surface area contributed by atoms with Gasteiger partial charge in [-0.2, -0.15) is 0 Å². The van der Waals surface area contributed by atoms with Gasteiger partial charge in [-0.3, -0.25) is 19.4 Å². The molecule has 164 valence electrons. The zero-order chi connectivity index (χ0) is 22.9. The topological polar surface area (TPSA) is 40.6 Å². The summed E-state index contributed by atoms with van der Waals surface area (Å²) in [6, 6.07) is 23.5. The maximum absolute atomic E-state index is 13.4. The van der Waals surface area contributed by atoms with Crippen molar-refractivity contribution >= 4 is 85.3 Å². The van der Waals surface area contributed by atoms with Crippen LogP contribution in [-0.4, -0.2) is 27.6 Å². The van der Waals surface area contributed by atoms with Crippen molar-refractivity contribution in [1.29, 1.82) is 0 Å².